The highest BCUT2D eigenvalue weighted by Gasteiger charge is 2.32. The molecule has 1 N–H and O–H groups in total. The Morgan fingerprint density at radius 3 is 2.53 bits per heavy atom. The quantitative estimate of drug-likeness (QED) is 0.348. The van der Waals surface area contributed by atoms with Gasteiger partial charge in [0.25, 0.3) is 0 Å². The second-order valence-electron chi connectivity index (χ2n) is 9.04. The molecular formula is C28H29N5O2S. The fraction of sp³-hybridized carbons (Fsp3) is 0.286. The SMILES string of the molecule is COC(=O)C[C@@H]1N=C(c2ccc(NCc3ccccc3C)cc2)c2c(sc(C)c2C)-n2c(C)nnc21. The van der Waals surface area contributed by atoms with Gasteiger partial charge in [0.1, 0.15) is 16.9 Å². The molecule has 1 atom stereocenters. The number of aliphatic imine (C=N–C) groups is 1. The van der Waals surface area contributed by atoms with E-state index in [4.69, 9.17) is 9.73 Å². The van der Waals surface area contributed by atoms with Gasteiger partial charge in [-0.1, -0.05) is 36.4 Å². The molecule has 184 valence electrons. The van der Waals surface area contributed by atoms with Crippen LogP contribution in [0.1, 0.15) is 56.8 Å². The van der Waals surface area contributed by atoms with E-state index in [1.807, 2.05) is 11.5 Å². The lowest BCUT2D eigenvalue weighted by Crippen LogP contribution is -2.12. The van der Waals surface area contributed by atoms with Crippen LogP contribution in [0.5, 0.6) is 0 Å². The molecule has 0 saturated heterocycles. The number of benzene rings is 2. The van der Waals surface area contributed by atoms with Gasteiger partial charge in [0.05, 0.1) is 19.2 Å². The average Bonchev–Trinajstić information content (AvgIpc) is 3.35. The Morgan fingerprint density at radius 1 is 1.06 bits per heavy atom. The van der Waals surface area contributed by atoms with E-state index in [0.29, 0.717) is 5.82 Å². The van der Waals surface area contributed by atoms with Gasteiger partial charge in [-0.05, 0) is 56.5 Å². The van der Waals surface area contributed by atoms with Crippen molar-refractivity contribution >= 4 is 28.7 Å². The van der Waals surface area contributed by atoms with Gasteiger partial charge in [0.2, 0.25) is 0 Å². The number of methoxy groups -OCH3 is 1. The van der Waals surface area contributed by atoms with Gasteiger partial charge in [-0.2, -0.15) is 0 Å². The molecule has 2 aromatic carbocycles. The van der Waals surface area contributed by atoms with E-state index in [1.165, 1.54) is 28.7 Å². The molecule has 0 unspecified atom stereocenters. The van der Waals surface area contributed by atoms with Crippen LogP contribution in [0.25, 0.3) is 5.00 Å². The number of nitrogens with zero attached hydrogens (tertiary/aromatic N) is 4. The first kappa shape index (κ1) is 23.9. The summed E-state index contributed by atoms with van der Waals surface area (Å²) in [7, 11) is 1.40. The van der Waals surface area contributed by atoms with Crippen molar-refractivity contribution in [2.45, 2.75) is 46.7 Å². The zero-order chi connectivity index (χ0) is 25.4. The molecule has 8 heteroatoms. The summed E-state index contributed by atoms with van der Waals surface area (Å²) >= 11 is 1.70. The lowest BCUT2D eigenvalue weighted by atomic mass is 9.99. The molecule has 1 aliphatic heterocycles. The van der Waals surface area contributed by atoms with Crippen molar-refractivity contribution in [3.63, 3.8) is 0 Å². The Hall–Kier alpha value is -3.78. The maximum absolute atomic E-state index is 12.3. The number of carbonyl (C=O) groups is 1. The third-order valence-corrected chi connectivity index (χ3v) is 7.92. The van der Waals surface area contributed by atoms with E-state index in [2.05, 4.69) is 84.8 Å². The zero-order valence-electron chi connectivity index (χ0n) is 21.1. The minimum absolute atomic E-state index is 0.0984. The van der Waals surface area contributed by atoms with Gasteiger partial charge in [0.15, 0.2) is 5.82 Å². The fourth-order valence-corrected chi connectivity index (χ4v) is 5.73. The predicted molar refractivity (Wildman–Crippen MR) is 143 cm³/mol. The Kier molecular flexibility index (Phi) is 6.45. The summed E-state index contributed by atoms with van der Waals surface area (Å²) in [6.45, 7) is 9.06. The van der Waals surface area contributed by atoms with Gasteiger partial charge in [-0.3, -0.25) is 14.4 Å². The molecule has 4 aromatic rings. The minimum atomic E-state index is -0.494. The maximum atomic E-state index is 12.3. The van der Waals surface area contributed by atoms with Gasteiger partial charge < -0.3 is 10.1 Å². The van der Waals surface area contributed by atoms with Crippen LogP contribution in [0.2, 0.25) is 0 Å². The number of aromatic nitrogens is 3. The number of carbonyl (C=O) groups excluding carboxylic acids is 1. The molecule has 7 nitrogen and oxygen atoms in total. The predicted octanol–water partition coefficient (Wildman–Crippen LogP) is 5.63. The third-order valence-electron chi connectivity index (χ3n) is 6.73. The molecular weight excluding hydrogens is 470 g/mol. The molecule has 5 rings (SSSR count). The zero-order valence-corrected chi connectivity index (χ0v) is 21.9. The number of hydrogen-bond acceptors (Lipinski definition) is 7. The maximum Gasteiger partial charge on any atom is 0.308 e. The molecule has 0 aliphatic carbocycles. The molecule has 3 heterocycles. The smallest absolute Gasteiger partial charge is 0.308 e. The monoisotopic (exact) mass is 499 g/mol. The van der Waals surface area contributed by atoms with Crippen molar-refractivity contribution < 1.29 is 9.53 Å². The summed E-state index contributed by atoms with van der Waals surface area (Å²) in [6, 6.07) is 16.2. The molecule has 0 saturated carbocycles. The standard InChI is InChI=1S/C28H29N5O2S/c1-16-8-6-7-9-21(16)15-29-22-12-10-20(11-13-22)26-25-17(2)18(3)36-28(25)33-19(4)31-32-27(33)23(30-26)14-24(34)35-5/h6-13,23,29H,14-15H2,1-5H3/t23-/m0/s1. The summed E-state index contributed by atoms with van der Waals surface area (Å²) < 4.78 is 7.02. The minimum Gasteiger partial charge on any atom is -0.469 e. The van der Waals surface area contributed by atoms with E-state index >= 15 is 0 Å². The first-order valence-electron chi connectivity index (χ1n) is 11.9. The number of fused-ring (bicyclic) bond motifs is 3. The molecule has 36 heavy (non-hydrogen) atoms. The first-order chi connectivity index (χ1) is 17.4. The van der Waals surface area contributed by atoms with Crippen LogP contribution in [0.4, 0.5) is 5.69 Å². The molecule has 0 fully saturated rings. The summed E-state index contributed by atoms with van der Waals surface area (Å²) in [5, 5.41) is 13.3. The number of esters is 1. The Labute approximate surface area is 214 Å². The van der Waals surface area contributed by atoms with E-state index in [0.717, 1.165) is 39.9 Å². The topological polar surface area (TPSA) is 81.4 Å². The van der Waals surface area contributed by atoms with Crippen LogP contribution in [-0.4, -0.2) is 33.6 Å². The Balaban J connectivity index is 1.54. The highest BCUT2D eigenvalue weighted by atomic mass is 32.1. The molecule has 2 aromatic heterocycles. The molecule has 0 amide bonds. The number of hydrogen-bond donors (Lipinski definition) is 1. The molecule has 0 radical (unpaired) electrons. The summed E-state index contributed by atoms with van der Waals surface area (Å²) in [5.41, 5.74) is 7.66. The van der Waals surface area contributed by atoms with Crippen LogP contribution < -0.4 is 5.32 Å². The third kappa shape index (κ3) is 4.33. The van der Waals surface area contributed by atoms with Crippen molar-refractivity contribution in [3.8, 4) is 5.00 Å². The molecule has 0 bridgehead atoms. The van der Waals surface area contributed by atoms with Gasteiger partial charge >= 0.3 is 5.97 Å². The van der Waals surface area contributed by atoms with Crippen LogP contribution in [0.15, 0.2) is 53.5 Å². The van der Waals surface area contributed by atoms with Crippen LogP contribution >= 0.6 is 11.3 Å². The second-order valence-corrected chi connectivity index (χ2v) is 10.2. The average molecular weight is 500 g/mol. The normalized spacial score (nSPS) is 14.5. The highest BCUT2D eigenvalue weighted by Crippen LogP contribution is 2.39. The van der Waals surface area contributed by atoms with Gasteiger partial charge in [0, 0.05) is 28.2 Å². The lowest BCUT2D eigenvalue weighted by Gasteiger charge is -2.13. The Bertz CT molecular complexity index is 1470. The number of nitrogens with one attached hydrogen (secondary N) is 1. The highest BCUT2D eigenvalue weighted by molar-refractivity contribution is 7.15. The lowest BCUT2D eigenvalue weighted by molar-refractivity contribution is -0.141. The summed E-state index contributed by atoms with van der Waals surface area (Å²) in [4.78, 5) is 18.6. The number of aryl methyl sites for hydroxylation is 3. The Morgan fingerprint density at radius 2 is 1.81 bits per heavy atom. The van der Waals surface area contributed by atoms with Crippen LogP contribution in [0.3, 0.4) is 0 Å². The second kappa shape index (κ2) is 9.70. The van der Waals surface area contributed by atoms with Crippen molar-refractivity contribution in [2.75, 3.05) is 12.4 Å². The van der Waals surface area contributed by atoms with Crippen molar-refractivity contribution in [3.05, 3.63) is 92.9 Å². The fourth-order valence-electron chi connectivity index (χ4n) is 4.52. The van der Waals surface area contributed by atoms with E-state index in [9.17, 15) is 4.79 Å². The summed E-state index contributed by atoms with van der Waals surface area (Å²) in [5.74, 6) is 1.10. The van der Waals surface area contributed by atoms with E-state index in [-0.39, 0.29) is 12.4 Å². The van der Waals surface area contributed by atoms with Crippen LogP contribution in [-0.2, 0) is 16.1 Å². The molecule has 0 spiro atoms. The van der Waals surface area contributed by atoms with Crippen molar-refractivity contribution in [1.29, 1.82) is 0 Å². The van der Waals surface area contributed by atoms with Crippen molar-refractivity contribution in [1.82, 2.24) is 14.8 Å². The number of rotatable bonds is 6. The largest absolute Gasteiger partial charge is 0.469 e. The van der Waals surface area contributed by atoms with Gasteiger partial charge in [-0.15, -0.1) is 21.5 Å². The number of ether oxygens (including phenoxy) is 1. The van der Waals surface area contributed by atoms with Gasteiger partial charge in [-0.25, -0.2) is 0 Å². The number of thiophene rings is 1. The molecule has 1 aliphatic rings. The van der Waals surface area contributed by atoms with E-state index < -0.39 is 6.04 Å². The van der Waals surface area contributed by atoms with Crippen LogP contribution in [0, 0.1) is 27.7 Å². The summed E-state index contributed by atoms with van der Waals surface area (Å²) in [6.07, 6.45) is 0.0984. The first-order valence-corrected chi connectivity index (χ1v) is 12.7. The number of anilines is 1. The van der Waals surface area contributed by atoms with E-state index in [1.54, 1.807) is 11.3 Å². The van der Waals surface area contributed by atoms with Crippen molar-refractivity contribution in [2.24, 2.45) is 4.99 Å².